The smallest absolute Gasteiger partial charge is 0.383 e. The Bertz CT molecular complexity index is 1010. The number of nitrogens with two attached hydrogens (primary N) is 1. The number of aryl methyl sites for hydroxylation is 1. The summed E-state index contributed by atoms with van der Waals surface area (Å²) in [6, 6.07) is 4.11. The Morgan fingerprint density at radius 1 is 1.23 bits per heavy atom. The molecule has 1 aromatic heterocycles. The number of pyridine rings is 1. The highest BCUT2D eigenvalue weighted by Gasteiger charge is 2.37. The largest absolute Gasteiger partial charge is 0.416 e. The lowest BCUT2D eigenvalue weighted by Gasteiger charge is -2.38. The second-order valence-electron chi connectivity index (χ2n) is 7.81. The monoisotopic (exact) mass is 454 g/mol. The van der Waals surface area contributed by atoms with Crippen molar-refractivity contribution < 1.29 is 22.8 Å². The van der Waals surface area contributed by atoms with Crippen LogP contribution in [0, 0.1) is 12.8 Å². The first kappa shape index (κ1) is 22.9. The summed E-state index contributed by atoms with van der Waals surface area (Å²) in [5.41, 5.74) is 5.95. The molecule has 0 radical (unpaired) electrons. The number of nitrogens with one attached hydrogen (secondary N) is 1. The van der Waals surface area contributed by atoms with Gasteiger partial charge in [0.1, 0.15) is 5.82 Å². The van der Waals surface area contributed by atoms with Gasteiger partial charge in [0, 0.05) is 11.6 Å². The lowest BCUT2D eigenvalue weighted by Crippen LogP contribution is -2.46. The van der Waals surface area contributed by atoms with Gasteiger partial charge in [-0.1, -0.05) is 18.5 Å². The van der Waals surface area contributed by atoms with Crippen LogP contribution >= 0.6 is 11.6 Å². The van der Waals surface area contributed by atoms with Gasteiger partial charge in [0.05, 0.1) is 23.5 Å². The Hall–Kier alpha value is -2.81. The Kier molecular flexibility index (Phi) is 6.45. The van der Waals surface area contributed by atoms with Crippen molar-refractivity contribution in [3.05, 3.63) is 52.2 Å². The maximum Gasteiger partial charge on any atom is 0.416 e. The van der Waals surface area contributed by atoms with Crippen LogP contribution in [0.3, 0.4) is 0 Å². The molecule has 0 spiro atoms. The van der Waals surface area contributed by atoms with E-state index < -0.39 is 29.6 Å². The maximum absolute atomic E-state index is 13.2. The normalized spacial score (nSPS) is 19.2. The lowest BCUT2D eigenvalue weighted by molar-refractivity contribution is -0.146. The van der Waals surface area contributed by atoms with Gasteiger partial charge in [-0.3, -0.25) is 9.59 Å². The van der Waals surface area contributed by atoms with Crippen LogP contribution in [0.15, 0.2) is 30.5 Å². The van der Waals surface area contributed by atoms with E-state index in [1.54, 1.807) is 13.0 Å². The molecule has 0 bridgehead atoms. The predicted octanol–water partition coefficient (Wildman–Crippen LogP) is 4.58. The molecule has 3 rings (SSSR count). The van der Waals surface area contributed by atoms with Gasteiger partial charge in [-0.05, 0) is 61.1 Å². The van der Waals surface area contributed by atoms with E-state index in [0.29, 0.717) is 29.9 Å². The van der Waals surface area contributed by atoms with Gasteiger partial charge in [0.25, 0.3) is 0 Å². The third-order valence-corrected chi connectivity index (χ3v) is 5.50. The van der Waals surface area contributed by atoms with E-state index in [1.165, 1.54) is 17.2 Å². The quantitative estimate of drug-likeness (QED) is 0.650. The Morgan fingerprint density at radius 2 is 1.94 bits per heavy atom. The molecule has 1 aromatic carbocycles. The van der Waals surface area contributed by atoms with E-state index in [1.807, 2.05) is 6.92 Å². The van der Waals surface area contributed by atoms with Gasteiger partial charge in [-0.15, -0.1) is 0 Å². The molecule has 0 saturated carbocycles. The van der Waals surface area contributed by atoms with Crippen LogP contribution in [0.2, 0.25) is 5.02 Å². The number of anilines is 2. The fourth-order valence-electron chi connectivity index (χ4n) is 3.66. The zero-order valence-electron chi connectivity index (χ0n) is 17.0. The van der Waals surface area contributed by atoms with Crippen molar-refractivity contribution in [2.45, 2.75) is 38.9 Å². The molecule has 166 valence electrons. The number of carbonyl (C=O) groups is 2. The third-order valence-electron chi connectivity index (χ3n) is 5.28. The Morgan fingerprint density at radius 3 is 2.58 bits per heavy atom. The molecule has 31 heavy (non-hydrogen) atoms. The molecule has 0 aliphatic carbocycles. The van der Waals surface area contributed by atoms with E-state index in [4.69, 9.17) is 17.3 Å². The minimum atomic E-state index is -4.58. The fraction of sp³-hybridized carbons (Fsp3) is 0.381. The molecule has 0 unspecified atom stereocenters. The number of rotatable bonds is 2. The maximum atomic E-state index is 13.2. The Labute approximate surface area is 182 Å². The number of alkyl halides is 3. The van der Waals surface area contributed by atoms with E-state index >= 15 is 0 Å². The number of carbonyl (C=O) groups excluding carboxylic acids is 2. The molecule has 1 fully saturated rings. The van der Waals surface area contributed by atoms with Crippen molar-refractivity contribution in [3.63, 3.8) is 0 Å². The number of likely N-dealkylation sites (tertiary alicyclic amines) is 1. The number of nitrogen functional groups attached to an aromatic ring is 1. The summed E-state index contributed by atoms with van der Waals surface area (Å²) >= 11 is 5.93. The zero-order chi connectivity index (χ0) is 22.9. The molecule has 2 aromatic rings. The molecule has 2 heterocycles. The van der Waals surface area contributed by atoms with Crippen molar-refractivity contribution in [2.24, 2.45) is 5.92 Å². The molecule has 10 heteroatoms. The highest BCUT2D eigenvalue weighted by molar-refractivity contribution is 6.39. The Balaban J connectivity index is 1.88. The number of nitrogens with zero attached hydrogens (tertiary/aromatic N) is 2. The first-order chi connectivity index (χ1) is 14.5. The molecular formula is C21H22ClF3N4O2. The van der Waals surface area contributed by atoms with E-state index in [-0.39, 0.29) is 23.0 Å². The number of aromatic nitrogens is 1. The van der Waals surface area contributed by atoms with Crippen molar-refractivity contribution in [3.8, 4) is 0 Å². The van der Waals surface area contributed by atoms with Crippen molar-refractivity contribution >= 4 is 34.9 Å². The molecule has 1 aliphatic rings. The average molecular weight is 455 g/mol. The summed E-state index contributed by atoms with van der Waals surface area (Å²) in [5.74, 6) is -1.34. The summed E-state index contributed by atoms with van der Waals surface area (Å²) in [6.45, 7) is 3.87. The standard InChI is InChI=1S/C21H22ClF3N4O2/c1-11-3-4-17(13-6-14(21(23,24)25)8-15(22)7-13)29(10-11)20(31)19(30)28-16-5-12(2)18(26)27-9-16/h5-9,11,17H,3-4,10H2,1-2H3,(H2,26,27)(H,28,30)/t11-,17+/m1/s1. The number of halogens is 4. The fourth-order valence-corrected chi connectivity index (χ4v) is 3.90. The lowest BCUT2D eigenvalue weighted by atomic mass is 9.89. The van der Waals surface area contributed by atoms with Crippen LogP contribution in [0.25, 0.3) is 0 Å². The first-order valence-electron chi connectivity index (χ1n) is 9.67. The van der Waals surface area contributed by atoms with Crippen LogP contribution in [0.4, 0.5) is 24.7 Å². The van der Waals surface area contributed by atoms with Gasteiger partial charge in [-0.2, -0.15) is 13.2 Å². The second-order valence-corrected chi connectivity index (χ2v) is 8.24. The van der Waals surface area contributed by atoms with Gasteiger partial charge in [0.15, 0.2) is 0 Å². The van der Waals surface area contributed by atoms with Crippen LogP contribution in [0.1, 0.15) is 42.5 Å². The average Bonchev–Trinajstić information content (AvgIpc) is 2.69. The summed E-state index contributed by atoms with van der Waals surface area (Å²) in [6.07, 6.45) is -2.13. The second kappa shape index (κ2) is 8.74. The molecular weight excluding hydrogens is 433 g/mol. The molecule has 1 aliphatic heterocycles. The first-order valence-corrected chi connectivity index (χ1v) is 10.0. The number of hydrogen-bond acceptors (Lipinski definition) is 4. The van der Waals surface area contributed by atoms with Crippen molar-refractivity contribution in [1.29, 1.82) is 0 Å². The molecule has 2 atom stereocenters. The zero-order valence-corrected chi connectivity index (χ0v) is 17.7. The van der Waals surface area contributed by atoms with E-state index in [0.717, 1.165) is 12.1 Å². The number of piperidine rings is 1. The van der Waals surface area contributed by atoms with Gasteiger partial charge >= 0.3 is 18.0 Å². The van der Waals surface area contributed by atoms with Crippen LogP contribution in [0.5, 0.6) is 0 Å². The van der Waals surface area contributed by atoms with Crippen LogP contribution in [-0.4, -0.2) is 28.2 Å². The number of amides is 2. The molecule has 1 saturated heterocycles. The topological polar surface area (TPSA) is 88.3 Å². The van der Waals surface area contributed by atoms with Gasteiger partial charge in [0.2, 0.25) is 0 Å². The number of benzene rings is 1. The highest BCUT2D eigenvalue weighted by atomic mass is 35.5. The van der Waals surface area contributed by atoms with Crippen molar-refractivity contribution in [2.75, 3.05) is 17.6 Å². The SMILES string of the molecule is Cc1cc(NC(=O)C(=O)N2C[C@H](C)CC[C@H]2c2cc(Cl)cc(C(F)(F)F)c2)cnc1N. The van der Waals surface area contributed by atoms with Gasteiger partial charge in [-0.25, -0.2) is 4.98 Å². The third kappa shape index (κ3) is 5.28. The molecule has 3 N–H and O–H groups in total. The van der Waals surface area contributed by atoms with Crippen molar-refractivity contribution in [1.82, 2.24) is 9.88 Å². The predicted molar refractivity (Wildman–Crippen MR) is 111 cm³/mol. The minimum absolute atomic E-state index is 0.0799. The highest BCUT2D eigenvalue weighted by Crippen LogP contribution is 2.38. The summed E-state index contributed by atoms with van der Waals surface area (Å²) < 4.78 is 39.7. The van der Waals surface area contributed by atoms with Crippen LogP contribution < -0.4 is 11.1 Å². The molecule has 2 amide bonds. The summed E-state index contributed by atoms with van der Waals surface area (Å²) in [7, 11) is 0. The van der Waals surface area contributed by atoms with Crippen LogP contribution in [-0.2, 0) is 15.8 Å². The molecule has 6 nitrogen and oxygen atoms in total. The number of hydrogen-bond donors (Lipinski definition) is 2. The summed E-state index contributed by atoms with van der Waals surface area (Å²) in [4.78, 5) is 30.8. The van der Waals surface area contributed by atoms with Gasteiger partial charge < -0.3 is 16.0 Å². The summed E-state index contributed by atoms with van der Waals surface area (Å²) in [5, 5.41) is 2.41. The minimum Gasteiger partial charge on any atom is -0.383 e. The van der Waals surface area contributed by atoms with E-state index in [9.17, 15) is 22.8 Å². The van der Waals surface area contributed by atoms with E-state index in [2.05, 4.69) is 10.3 Å².